The molecule has 2 aromatic carbocycles. The van der Waals surface area contributed by atoms with Gasteiger partial charge in [-0.05, 0) is 60.1 Å². The minimum atomic E-state index is -0.225. The Morgan fingerprint density at radius 1 is 1.03 bits per heavy atom. The predicted molar refractivity (Wildman–Crippen MR) is 128 cm³/mol. The van der Waals surface area contributed by atoms with E-state index in [-0.39, 0.29) is 23.4 Å². The first-order valence-corrected chi connectivity index (χ1v) is 11.6. The molecule has 1 aliphatic carbocycles. The fraction of sp³-hybridized carbons (Fsp3) is 0.462. The molecular weight excluding hydrogens is 400 g/mol. The number of rotatable bonds is 6. The number of carbonyl (C=O) groups excluding carboxylic acids is 2. The van der Waals surface area contributed by atoms with Gasteiger partial charge in [0, 0.05) is 43.0 Å². The summed E-state index contributed by atoms with van der Waals surface area (Å²) in [5.74, 6) is -0.0561. The first-order valence-electron chi connectivity index (χ1n) is 11.6. The molecule has 6 heteroatoms. The molecule has 0 spiro atoms. The summed E-state index contributed by atoms with van der Waals surface area (Å²) in [6.45, 7) is 9.18. The van der Waals surface area contributed by atoms with E-state index in [9.17, 15) is 9.59 Å². The van der Waals surface area contributed by atoms with Crippen LogP contribution in [0.4, 0.5) is 10.5 Å². The van der Waals surface area contributed by atoms with E-state index in [0.29, 0.717) is 17.3 Å². The van der Waals surface area contributed by atoms with Gasteiger partial charge in [-0.2, -0.15) is 0 Å². The summed E-state index contributed by atoms with van der Waals surface area (Å²) >= 11 is 0. The number of amides is 3. The molecule has 4 rings (SSSR count). The van der Waals surface area contributed by atoms with Crippen molar-refractivity contribution in [3.05, 3.63) is 65.2 Å². The minimum Gasteiger partial charge on any atom is -0.349 e. The molecule has 1 aliphatic heterocycles. The van der Waals surface area contributed by atoms with Crippen molar-refractivity contribution >= 4 is 17.6 Å². The van der Waals surface area contributed by atoms with Crippen LogP contribution >= 0.6 is 0 Å². The van der Waals surface area contributed by atoms with Crippen LogP contribution in [0.25, 0.3) is 0 Å². The molecule has 170 valence electrons. The van der Waals surface area contributed by atoms with Crippen molar-refractivity contribution in [2.45, 2.75) is 58.7 Å². The molecule has 0 saturated heterocycles. The standard InChI is InChI=1S/C26H34N4O2/c1-26(2,3)23(17-30-15-14-18-6-4-5-7-20(18)16-30)29-25(32)28-22-10-8-19(9-11-22)24(31)27-21-12-13-21/h4-11,21,23H,12-17H2,1-3H3,(H,27,31)(H2,28,29,32)/t23-/m1/s1. The van der Waals surface area contributed by atoms with Crippen molar-refractivity contribution in [1.29, 1.82) is 0 Å². The molecule has 3 N–H and O–H groups in total. The van der Waals surface area contributed by atoms with Crippen molar-refractivity contribution in [1.82, 2.24) is 15.5 Å². The first kappa shape index (κ1) is 22.3. The maximum absolute atomic E-state index is 12.8. The summed E-state index contributed by atoms with van der Waals surface area (Å²) < 4.78 is 0. The summed E-state index contributed by atoms with van der Waals surface area (Å²) in [6.07, 6.45) is 3.16. The highest BCUT2D eigenvalue weighted by Crippen LogP contribution is 2.24. The summed E-state index contributed by atoms with van der Waals surface area (Å²) in [7, 11) is 0. The zero-order valence-corrected chi connectivity index (χ0v) is 19.3. The number of anilines is 1. The molecule has 2 aromatic rings. The van der Waals surface area contributed by atoms with Crippen molar-refractivity contribution in [3.63, 3.8) is 0 Å². The third-order valence-corrected chi connectivity index (χ3v) is 6.32. The second kappa shape index (κ2) is 9.33. The van der Waals surface area contributed by atoms with Gasteiger partial charge < -0.3 is 16.0 Å². The largest absolute Gasteiger partial charge is 0.349 e. The van der Waals surface area contributed by atoms with E-state index in [1.807, 2.05) is 0 Å². The zero-order valence-electron chi connectivity index (χ0n) is 19.3. The van der Waals surface area contributed by atoms with Crippen LogP contribution in [0.3, 0.4) is 0 Å². The second-order valence-corrected chi connectivity index (χ2v) is 10.1. The van der Waals surface area contributed by atoms with Gasteiger partial charge >= 0.3 is 6.03 Å². The van der Waals surface area contributed by atoms with Crippen molar-refractivity contribution in [2.24, 2.45) is 5.41 Å². The maximum Gasteiger partial charge on any atom is 0.319 e. The Hall–Kier alpha value is -2.86. The number of benzene rings is 2. The zero-order chi connectivity index (χ0) is 22.7. The van der Waals surface area contributed by atoms with Gasteiger partial charge in [0.25, 0.3) is 5.91 Å². The van der Waals surface area contributed by atoms with Crippen LogP contribution in [0.1, 0.15) is 55.1 Å². The van der Waals surface area contributed by atoms with Gasteiger partial charge in [-0.3, -0.25) is 9.69 Å². The average molecular weight is 435 g/mol. The summed E-state index contributed by atoms with van der Waals surface area (Å²) in [6, 6.07) is 15.7. The Balaban J connectivity index is 1.33. The lowest BCUT2D eigenvalue weighted by Gasteiger charge is -2.37. The third kappa shape index (κ3) is 5.88. The Labute approximate surface area is 190 Å². The van der Waals surface area contributed by atoms with E-state index >= 15 is 0 Å². The SMILES string of the molecule is CC(C)(C)[C@@H](CN1CCc2ccccc2C1)NC(=O)Nc1ccc(C(=O)NC2CC2)cc1. The molecule has 32 heavy (non-hydrogen) atoms. The molecule has 1 fully saturated rings. The summed E-state index contributed by atoms with van der Waals surface area (Å²) in [4.78, 5) is 27.3. The number of nitrogens with zero attached hydrogens (tertiary/aromatic N) is 1. The van der Waals surface area contributed by atoms with Crippen molar-refractivity contribution < 1.29 is 9.59 Å². The van der Waals surface area contributed by atoms with Gasteiger partial charge in [-0.25, -0.2) is 4.79 Å². The quantitative estimate of drug-likeness (QED) is 0.639. The van der Waals surface area contributed by atoms with E-state index in [0.717, 1.165) is 38.9 Å². The van der Waals surface area contributed by atoms with Gasteiger partial charge in [0.2, 0.25) is 0 Å². The average Bonchev–Trinajstić information content (AvgIpc) is 3.57. The lowest BCUT2D eigenvalue weighted by Crippen LogP contribution is -2.52. The summed E-state index contributed by atoms with van der Waals surface area (Å²) in [5.41, 5.74) is 4.00. The van der Waals surface area contributed by atoms with Crippen molar-refractivity contribution in [2.75, 3.05) is 18.4 Å². The molecule has 1 heterocycles. The first-order chi connectivity index (χ1) is 15.3. The van der Waals surface area contributed by atoms with Crippen LogP contribution in [-0.2, 0) is 13.0 Å². The number of carbonyl (C=O) groups is 2. The van der Waals surface area contributed by atoms with Crippen molar-refractivity contribution in [3.8, 4) is 0 Å². The Bertz CT molecular complexity index is 961. The number of hydrogen-bond donors (Lipinski definition) is 3. The predicted octanol–water partition coefficient (Wildman–Crippen LogP) is 4.17. The lowest BCUT2D eigenvalue weighted by molar-refractivity contribution is 0.0951. The topological polar surface area (TPSA) is 73.5 Å². The number of fused-ring (bicyclic) bond motifs is 1. The van der Waals surface area contributed by atoms with E-state index in [1.165, 1.54) is 11.1 Å². The smallest absolute Gasteiger partial charge is 0.319 e. The van der Waals surface area contributed by atoms with Crippen LogP contribution in [-0.4, -0.2) is 42.0 Å². The van der Waals surface area contributed by atoms with E-state index in [1.54, 1.807) is 24.3 Å². The molecule has 0 aromatic heterocycles. The van der Waals surface area contributed by atoms with Gasteiger partial charge in [0.15, 0.2) is 0 Å². The Morgan fingerprint density at radius 2 is 1.72 bits per heavy atom. The lowest BCUT2D eigenvalue weighted by atomic mass is 9.86. The normalized spacial score (nSPS) is 17.2. The van der Waals surface area contributed by atoms with Crippen LogP contribution in [0, 0.1) is 5.41 Å². The molecule has 1 atom stereocenters. The Morgan fingerprint density at radius 3 is 2.38 bits per heavy atom. The fourth-order valence-corrected chi connectivity index (χ4v) is 4.03. The fourth-order valence-electron chi connectivity index (χ4n) is 4.03. The third-order valence-electron chi connectivity index (χ3n) is 6.32. The molecule has 6 nitrogen and oxygen atoms in total. The summed E-state index contributed by atoms with van der Waals surface area (Å²) in [5, 5.41) is 9.07. The monoisotopic (exact) mass is 434 g/mol. The van der Waals surface area contributed by atoms with Crippen LogP contribution in [0.2, 0.25) is 0 Å². The van der Waals surface area contributed by atoms with Crippen LogP contribution in [0.5, 0.6) is 0 Å². The van der Waals surface area contributed by atoms with Gasteiger partial charge in [-0.15, -0.1) is 0 Å². The van der Waals surface area contributed by atoms with E-state index in [4.69, 9.17) is 0 Å². The van der Waals surface area contributed by atoms with Gasteiger partial charge in [0.05, 0.1) is 0 Å². The molecule has 2 aliphatic rings. The minimum absolute atomic E-state index is 0.00337. The van der Waals surface area contributed by atoms with Crippen LogP contribution in [0.15, 0.2) is 48.5 Å². The number of hydrogen-bond acceptors (Lipinski definition) is 3. The highest BCUT2D eigenvalue weighted by molar-refractivity contribution is 5.95. The highest BCUT2D eigenvalue weighted by Gasteiger charge is 2.29. The van der Waals surface area contributed by atoms with Gasteiger partial charge in [0.1, 0.15) is 0 Å². The Kier molecular flexibility index (Phi) is 6.51. The second-order valence-electron chi connectivity index (χ2n) is 10.1. The maximum atomic E-state index is 12.8. The van der Waals surface area contributed by atoms with Gasteiger partial charge in [-0.1, -0.05) is 45.0 Å². The molecule has 3 amide bonds. The molecule has 0 bridgehead atoms. The molecule has 0 radical (unpaired) electrons. The highest BCUT2D eigenvalue weighted by atomic mass is 16.2. The number of nitrogens with one attached hydrogen (secondary N) is 3. The van der Waals surface area contributed by atoms with E-state index in [2.05, 4.69) is 65.9 Å². The number of urea groups is 1. The molecule has 0 unspecified atom stereocenters. The molecular formula is C26H34N4O2. The van der Waals surface area contributed by atoms with Crippen LogP contribution < -0.4 is 16.0 Å². The molecule has 1 saturated carbocycles. The van der Waals surface area contributed by atoms with E-state index < -0.39 is 0 Å².